The fourth-order valence-corrected chi connectivity index (χ4v) is 4.49. The first-order valence-corrected chi connectivity index (χ1v) is 8.60. The number of alkyl halides is 2. The lowest BCUT2D eigenvalue weighted by molar-refractivity contribution is 0.190. The summed E-state index contributed by atoms with van der Waals surface area (Å²) < 4.78 is 22.5. The van der Waals surface area contributed by atoms with Gasteiger partial charge in [-0.25, -0.2) is 8.42 Å². The highest BCUT2D eigenvalue weighted by Crippen LogP contribution is 2.45. The van der Waals surface area contributed by atoms with Crippen molar-refractivity contribution in [3.05, 3.63) is 35.4 Å². The molecule has 2 atom stereocenters. The summed E-state index contributed by atoms with van der Waals surface area (Å²) in [5.74, 6) is -0.0237. The summed E-state index contributed by atoms with van der Waals surface area (Å²) in [6.45, 7) is 3.41. The fourth-order valence-electron chi connectivity index (χ4n) is 1.44. The minimum atomic E-state index is -3.41. The molecule has 6 heteroatoms. The van der Waals surface area contributed by atoms with Crippen LogP contribution in [0.3, 0.4) is 0 Å². The number of aliphatic hydroxyl groups is 1. The Kier molecular flexibility index (Phi) is 5.02. The first-order valence-electron chi connectivity index (χ1n) is 5.07. The van der Waals surface area contributed by atoms with E-state index in [9.17, 15) is 13.5 Å². The molecule has 96 valence electrons. The van der Waals surface area contributed by atoms with Crippen molar-refractivity contribution in [1.29, 1.82) is 0 Å². The predicted molar refractivity (Wildman–Crippen MR) is 81.3 cm³/mol. The summed E-state index contributed by atoms with van der Waals surface area (Å²) in [5.41, 5.74) is 1.49. The summed E-state index contributed by atoms with van der Waals surface area (Å²) in [6.07, 6.45) is -1.10. The monoisotopic (exact) mass is 432 g/mol. The molecule has 0 bridgehead atoms. The molecule has 0 heterocycles. The lowest BCUT2D eigenvalue weighted by Crippen LogP contribution is -2.34. The van der Waals surface area contributed by atoms with Gasteiger partial charge in [-0.05, 0) is 40.6 Å². The van der Waals surface area contributed by atoms with Crippen LogP contribution >= 0.6 is 38.5 Å². The van der Waals surface area contributed by atoms with Crippen LogP contribution in [0.1, 0.15) is 24.2 Å². The van der Waals surface area contributed by atoms with Crippen LogP contribution in [0.15, 0.2) is 24.3 Å². The minimum Gasteiger partial charge on any atom is -0.385 e. The summed E-state index contributed by atoms with van der Waals surface area (Å²) in [4.78, 5) is 0. The van der Waals surface area contributed by atoms with Crippen molar-refractivity contribution >= 4 is 48.4 Å². The molecule has 0 fully saturated rings. The van der Waals surface area contributed by atoms with Crippen molar-refractivity contribution in [2.24, 2.45) is 0 Å². The quantitative estimate of drug-likeness (QED) is 0.587. The lowest BCUT2D eigenvalue weighted by Gasteiger charge is -2.27. The van der Waals surface area contributed by atoms with E-state index in [2.05, 4.69) is 15.9 Å². The molecule has 0 aliphatic carbocycles. The molecule has 0 unspecified atom stereocenters. The summed E-state index contributed by atoms with van der Waals surface area (Å²) in [7, 11) is -3.41. The van der Waals surface area contributed by atoms with Gasteiger partial charge in [-0.15, -0.1) is 0 Å². The Hall–Kier alpha value is 0.340. The van der Waals surface area contributed by atoms with E-state index in [-0.39, 0.29) is 5.75 Å². The maximum Gasteiger partial charge on any atom is 0.207 e. The van der Waals surface area contributed by atoms with E-state index in [4.69, 9.17) is 0 Å². The van der Waals surface area contributed by atoms with Gasteiger partial charge in [0, 0.05) is 5.75 Å². The van der Waals surface area contributed by atoms with E-state index in [1.165, 1.54) is 0 Å². The Morgan fingerprint density at radius 1 is 1.47 bits per heavy atom. The number of aliphatic hydroxyl groups excluding tert-OH is 1. The maximum atomic E-state index is 11.9. The molecular weight excluding hydrogens is 419 g/mol. The van der Waals surface area contributed by atoms with Gasteiger partial charge in [0.15, 0.2) is 9.84 Å². The molecule has 0 aliphatic heterocycles. The first-order chi connectivity index (χ1) is 7.74. The third-order valence-electron chi connectivity index (χ3n) is 2.60. The molecule has 0 saturated carbocycles. The molecule has 17 heavy (non-hydrogen) atoms. The molecule has 1 aromatic carbocycles. The van der Waals surface area contributed by atoms with E-state index in [0.29, 0.717) is 5.56 Å². The second-order valence-corrected chi connectivity index (χ2v) is 11.9. The predicted octanol–water partition coefficient (Wildman–Crippen LogP) is 2.95. The summed E-state index contributed by atoms with van der Waals surface area (Å²) >= 11 is 4.89. The molecule has 0 aromatic heterocycles. The minimum absolute atomic E-state index is 0.0237. The summed E-state index contributed by atoms with van der Waals surface area (Å²) in [5, 5.41) is 10.3. The number of benzene rings is 1. The second-order valence-electron chi connectivity index (χ2n) is 3.72. The molecule has 1 rings (SSSR count). The zero-order valence-electron chi connectivity index (χ0n) is 9.52. The number of hydrogen-bond donors (Lipinski definition) is 1. The third kappa shape index (κ3) is 3.02. The molecule has 0 saturated heterocycles. The molecular formula is C11H14BrIO3S. The molecule has 0 amide bonds. The van der Waals surface area contributed by atoms with E-state index in [0.717, 1.165) is 5.56 Å². The highest BCUT2D eigenvalue weighted by Gasteiger charge is 2.45. The summed E-state index contributed by atoms with van der Waals surface area (Å²) in [6, 6.07) is 7.21. The lowest BCUT2D eigenvalue weighted by atomic mass is 10.1. The molecule has 0 spiro atoms. The van der Waals surface area contributed by atoms with E-state index in [1.54, 1.807) is 41.6 Å². The van der Waals surface area contributed by atoms with Crippen LogP contribution in [0.4, 0.5) is 0 Å². The van der Waals surface area contributed by atoms with Crippen molar-refractivity contribution in [2.45, 2.75) is 21.6 Å². The largest absolute Gasteiger partial charge is 0.385 e. The van der Waals surface area contributed by atoms with E-state index < -0.39 is 17.6 Å². The number of rotatable bonds is 4. The standard InChI is InChI=1S/C11H14BrIO3S/c1-3-17(15,16)11(12,13)10(14)9-7-5-4-6-8(9)2/h4-7,10,14H,3H2,1-2H3/t10-,11+/m0/s1. The highest BCUT2D eigenvalue weighted by atomic mass is 127. The topological polar surface area (TPSA) is 54.4 Å². The van der Waals surface area contributed by atoms with Gasteiger partial charge >= 0.3 is 0 Å². The van der Waals surface area contributed by atoms with Gasteiger partial charge in [-0.3, -0.25) is 0 Å². The number of hydrogen-bond acceptors (Lipinski definition) is 3. The Labute approximate surface area is 124 Å². The van der Waals surface area contributed by atoms with Crippen LogP contribution < -0.4 is 0 Å². The number of sulfone groups is 1. The van der Waals surface area contributed by atoms with Gasteiger partial charge in [0.05, 0.1) is 0 Å². The Morgan fingerprint density at radius 3 is 2.47 bits per heavy atom. The van der Waals surface area contributed by atoms with Crippen molar-refractivity contribution in [2.75, 3.05) is 5.75 Å². The van der Waals surface area contributed by atoms with Crippen LogP contribution in [0.25, 0.3) is 0 Å². The van der Waals surface area contributed by atoms with E-state index >= 15 is 0 Å². The zero-order chi connectivity index (χ0) is 13.3. The van der Waals surface area contributed by atoms with Gasteiger partial charge in [0.25, 0.3) is 0 Å². The van der Waals surface area contributed by atoms with Crippen LogP contribution in [0.2, 0.25) is 0 Å². The van der Waals surface area contributed by atoms with Crippen LogP contribution in [0.5, 0.6) is 0 Å². The average Bonchev–Trinajstić information content (AvgIpc) is 2.28. The molecule has 1 N–H and O–H groups in total. The maximum absolute atomic E-state index is 11.9. The Bertz CT molecular complexity index is 499. The average molecular weight is 433 g/mol. The SMILES string of the molecule is CCS(=O)(=O)[C@](Br)(I)[C@@H](O)c1ccccc1C. The number of halogens is 2. The molecule has 1 aromatic rings. The normalized spacial score (nSPS) is 17.5. The Balaban J connectivity index is 3.23. The van der Waals surface area contributed by atoms with Crippen LogP contribution in [0, 0.1) is 6.92 Å². The van der Waals surface area contributed by atoms with Gasteiger partial charge in [-0.2, -0.15) is 0 Å². The smallest absolute Gasteiger partial charge is 0.207 e. The fraction of sp³-hybridized carbons (Fsp3) is 0.455. The van der Waals surface area contributed by atoms with Gasteiger partial charge in [0.1, 0.15) is 6.10 Å². The second kappa shape index (κ2) is 5.54. The highest BCUT2D eigenvalue weighted by molar-refractivity contribution is 14.1. The van der Waals surface area contributed by atoms with Crippen molar-refractivity contribution in [3.8, 4) is 0 Å². The van der Waals surface area contributed by atoms with Gasteiger partial charge in [0.2, 0.25) is 1.66 Å². The zero-order valence-corrected chi connectivity index (χ0v) is 14.1. The van der Waals surface area contributed by atoms with Crippen LogP contribution in [-0.4, -0.2) is 20.9 Å². The van der Waals surface area contributed by atoms with Crippen molar-refractivity contribution in [3.63, 3.8) is 0 Å². The van der Waals surface area contributed by atoms with E-state index in [1.807, 2.05) is 19.1 Å². The van der Waals surface area contributed by atoms with Gasteiger partial charge in [-0.1, -0.05) is 47.1 Å². The third-order valence-corrected chi connectivity index (χ3v) is 8.93. The number of aryl methyl sites for hydroxylation is 1. The van der Waals surface area contributed by atoms with Crippen LogP contribution in [-0.2, 0) is 9.84 Å². The first kappa shape index (κ1) is 15.4. The molecule has 0 aliphatic rings. The van der Waals surface area contributed by atoms with Crippen molar-refractivity contribution < 1.29 is 13.5 Å². The molecule has 3 nitrogen and oxygen atoms in total. The Morgan fingerprint density at radius 2 is 2.00 bits per heavy atom. The molecule has 0 radical (unpaired) electrons. The van der Waals surface area contributed by atoms with Crippen molar-refractivity contribution in [1.82, 2.24) is 0 Å². The van der Waals surface area contributed by atoms with Gasteiger partial charge < -0.3 is 5.11 Å².